The minimum absolute atomic E-state index is 0.0131. The van der Waals surface area contributed by atoms with E-state index < -0.39 is 21.0 Å². The average molecular weight is 590 g/mol. The number of thiazole rings is 1. The van der Waals surface area contributed by atoms with Gasteiger partial charge in [-0.2, -0.15) is 0 Å². The number of amides is 1. The molecule has 2 atom stereocenters. The van der Waals surface area contributed by atoms with Crippen molar-refractivity contribution in [2.75, 3.05) is 51.9 Å². The average Bonchev–Trinajstić information content (AvgIpc) is 3.74. The molecule has 12 nitrogen and oxygen atoms in total. The number of carbonyl (C=O) groups is 1. The first-order valence-corrected chi connectivity index (χ1v) is 15.4. The number of hydrogen-bond donors (Lipinski definition) is 2. The van der Waals surface area contributed by atoms with Crippen LogP contribution in [0.5, 0.6) is 5.88 Å². The SMILES string of the molecule is CNCCCOc1ccc2nc(NC(=O)/C(=N/O[C@@H]3CCOC3)c3ccc(S(=O)(=O)[C@H]4CCOC4)cc3)sc2n1. The molecule has 2 aliphatic rings. The Balaban J connectivity index is 1.34. The molecular weight excluding hydrogens is 558 g/mol. The van der Waals surface area contributed by atoms with Gasteiger partial charge in [-0.05, 0) is 44.6 Å². The lowest BCUT2D eigenvalue weighted by atomic mass is 10.1. The fraction of sp³-hybridized carbons (Fsp3) is 0.462. The predicted octanol–water partition coefficient (Wildman–Crippen LogP) is 2.39. The summed E-state index contributed by atoms with van der Waals surface area (Å²) in [6, 6.07) is 9.58. The molecule has 1 aromatic carbocycles. The van der Waals surface area contributed by atoms with Gasteiger partial charge in [0, 0.05) is 24.7 Å². The number of oxime groups is 1. The Hall–Kier alpha value is -3.17. The largest absolute Gasteiger partial charge is 0.478 e. The number of aromatic nitrogens is 2. The zero-order valence-electron chi connectivity index (χ0n) is 22.0. The van der Waals surface area contributed by atoms with E-state index in [1.54, 1.807) is 24.3 Å². The second-order valence-electron chi connectivity index (χ2n) is 9.34. The Kier molecular flexibility index (Phi) is 9.22. The highest BCUT2D eigenvalue weighted by molar-refractivity contribution is 7.92. The number of anilines is 1. The topological polar surface area (TPSA) is 150 Å². The maximum absolute atomic E-state index is 13.4. The Morgan fingerprint density at radius 3 is 2.62 bits per heavy atom. The first-order valence-electron chi connectivity index (χ1n) is 13.0. The van der Waals surface area contributed by atoms with Crippen LogP contribution in [0.4, 0.5) is 5.13 Å². The number of nitrogens with one attached hydrogen (secondary N) is 2. The summed E-state index contributed by atoms with van der Waals surface area (Å²) in [5.74, 6) is -0.0694. The summed E-state index contributed by atoms with van der Waals surface area (Å²) in [5.41, 5.74) is 1.00. The number of fused-ring (bicyclic) bond motifs is 1. The first kappa shape index (κ1) is 28.4. The minimum Gasteiger partial charge on any atom is -0.478 e. The Morgan fingerprint density at radius 2 is 1.90 bits per heavy atom. The molecule has 0 aliphatic carbocycles. The molecule has 2 fully saturated rings. The van der Waals surface area contributed by atoms with E-state index in [1.807, 2.05) is 7.05 Å². The standard InChI is InChI=1S/C26H31N5O7S2/c1-27-11-2-12-37-22-8-7-21-25(29-22)39-26(28-21)30-24(32)23(31-38-18-9-13-35-15-18)17-3-5-19(6-4-17)40(33,34)20-10-14-36-16-20/h3-8,18,20,27H,2,9-16H2,1H3,(H,28,30,32)/b31-23+/t18-,20+/m1/s1. The number of nitrogens with zero attached hydrogens (tertiary/aromatic N) is 3. The van der Waals surface area contributed by atoms with E-state index in [0.29, 0.717) is 66.2 Å². The van der Waals surface area contributed by atoms with Crippen LogP contribution in [-0.2, 0) is 28.9 Å². The van der Waals surface area contributed by atoms with Crippen molar-refractivity contribution in [3.05, 3.63) is 42.0 Å². The summed E-state index contributed by atoms with van der Waals surface area (Å²) in [5, 5.41) is 9.75. The fourth-order valence-electron chi connectivity index (χ4n) is 4.22. The number of ether oxygens (including phenoxy) is 3. The second kappa shape index (κ2) is 13.0. The molecule has 214 valence electrons. The van der Waals surface area contributed by atoms with E-state index in [9.17, 15) is 13.2 Å². The van der Waals surface area contributed by atoms with Gasteiger partial charge in [0.2, 0.25) is 5.88 Å². The summed E-state index contributed by atoms with van der Waals surface area (Å²) in [6.07, 6.45) is 1.68. The lowest BCUT2D eigenvalue weighted by Crippen LogP contribution is -2.25. The summed E-state index contributed by atoms with van der Waals surface area (Å²) < 4.78 is 42.1. The van der Waals surface area contributed by atoms with Gasteiger partial charge in [-0.15, -0.1) is 0 Å². The molecule has 5 rings (SSSR count). The number of benzene rings is 1. The smallest absolute Gasteiger partial charge is 0.280 e. The molecule has 0 spiro atoms. The van der Waals surface area contributed by atoms with Crippen molar-refractivity contribution in [2.45, 2.75) is 35.5 Å². The van der Waals surface area contributed by atoms with Crippen LogP contribution in [-0.4, -0.2) is 88.0 Å². The molecule has 40 heavy (non-hydrogen) atoms. The van der Waals surface area contributed by atoms with Gasteiger partial charge < -0.3 is 24.4 Å². The van der Waals surface area contributed by atoms with E-state index in [1.165, 1.54) is 23.5 Å². The molecule has 1 amide bonds. The van der Waals surface area contributed by atoms with Crippen LogP contribution in [0.15, 0.2) is 46.4 Å². The molecule has 4 heterocycles. The number of hydrogen-bond acceptors (Lipinski definition) is 12. The van der Waals surface area contributed by atoms with Gasteiger partial charge in [-0.3, -0.25) is 10.1 Å². The number of sulfone groups is 1. The van der Waals surface area contributed by atoms with E-state index >= 15 is 0 Å². The molecule has 0 saturated carbocycles. The van der Waals surface area contributed by atoms with E-state index in [-0.39, 0.29) is 23.3 Å². The molecule has 2 aliphatic heterocycles. The molecule has 2 saturated heterocycles. The lowest BCUT2D eigenvalue weighted by molar-refractivity contribution is -0.110. The van der Waals surface area contributed by atoms with Crippen molar-refractivity contribution in [1.29, 1.82) is 0 Å². The van der Waals surface area contributed by atoms with Crippen molar-refractivity contribution in [3.63, 3.8) is 0 Å². The second-order valence-corrected chi connectivity index (χ2v) is 12.5. The van der Waals surface area contributed by atoms with E-state index in [2.05, 4.69) is 25.8 Å². The Morgan fingerprint density at radius 1 is 1.10 bits per heavy atom. The van der Waals surface area contributed by atoms with Gasteiger partial charge in [-0.25, -0.2) is 18.4 Å². The maximum Gasteiger partial charge on any atom is 0.280 e. The lowest BCUT2D eigenvalue weighted by Gasteiger charge is -2.12. The number of pyridine rings is 1. The summed E-state index contributed by atoms with van der Waals surface area (Å²) in [6.45, 7) is 2.91. The third-order valence-electron chi connectivity index (χ3n) is 6.45. The molecule has 2 N–H and O–H groups in total. The molecule has 14 heteroatoms. The maximum atomic E-state index is 13.4. The van der Waals surface area contributed by atoms with Crippen LogP contribution in [0.3, 0.4) is 0 Å². The molecule has 0 radical (unpaired) electrons. The van der Waals surface area contributed by atoms with Crippen LogP contribution in [0, 0.1) is 0 Å². The monoisotopic (exact) mass is 589 g/mol. The molecule has 2 aromatic heterocycles. The van der Waals surface area contributed by atoms with Crippen LogP contribution in [0.25, 0.3) is 10.3 Å². The third kappa shape index (κ3) is 6.75. The highest BCUT2D eigenvalue weighted by atomic mass is 32.2. The molecule has 0 bridgehead atoms. The zero-order valence-corrected chi connectivity index (χ0v) is 23.6. The number of carbonyl (C=O) groups excluding carboxylic acids is 1. The van der Waals surface area contributed by atoms with E-state index in [4.69, 9.17) is 19.0 Å². The highest BCUT2D eigenvalue weighted by Crippen LogP contribution is 2.27. The normalized spacial score (nSPS) is 19.7. The third-order valence-corrected chi connectivity index (χ3v) is 9.51. The van der Waals surface area contributed by atoms with Gasteiger partial charge in [0.05, 0.1) is 36.6 Å². The van der Waals surface area contributed by atoms with Gasteiger partial charge >= 0.3 is 0 Å². The number of rotatable bonds is 12. The molecular formula is C26H31N5O7S2. The summed E-state index contributed by atoms with van der Waals surface area (Å²) in [7, 11) is -1.66. The van der Waals surface area contributed by atoms with Crippen LogP contribution < -0.4 is 15.4 Å². The Bertz CT molecular complexity index is 1450. The van der Waals surface area contributed by atoms with E-state index in [0.717, 1.165) is 13.0 Å². The van der Waals surface area contributed by atoms with Crippen LogP contribution in [0.1, 0.15) is 24.8 Å². The summed E-state index contributed by atoms with van der Waals surface area (Å²) >= 11 is 1.21. The predicted molar refractivity (Wildman–Crippen MR) is 150 cm³/mol. The quantitative estimate of drug-likeness (QED) is 0.183. The van der Waals surface area contributed by atoms with Crippen LogP contribution >= 0.6 is 11.3 Å². The van der Waals surface area contributed by atoms with Crippen molar-refractivity contribution < 1.29 is 32.3 Å². The van der Waals surface area contributed by atoms with Gasteiger partial charge in [0.15, 0.2) is 26.8 Å². The van der Waals surface area contributed by atoms with Crippen molar-refractivity contribution in [3.8, 4) is 5.88 Å². The van der Waals surface area contributed by atoms with Gasteiger partial charge in [0.25, 0.3) is 5.91 Å². The molecule has 0 unspecified atom stereocenters. The van der Waals surface area contributed by atoms with Crippen molar-refractivity contribution in [1.82, 2.24) is 15.3 Å². The van der Waals surface area contributed by atoms with Crippen LogP contribution in [0.2, 0.25) is 0 Å². The summed E-state index contributed by atoms with van der Waals surface area (Å²) in [4.78, 5) is 28.7. The zero-order chi connectivity index (χ0) is 28.0. The van der Waals surface area contributed by atoms with Crippen molar-refractivity contribution in [2.24, 2.45) is 5.16 Å². The van der Waals surface area contributed by atoms with Crippen molar-refractivity contribution >= 4 is 48.3 Å². The Labute approximate surface area is 236 Å². The van der Waals surface area contributed by atoms with Gasteiger partial charge in [0.1, 0.15) is 10.3 Å². The highest BCUT2D eigenvalue weighted by Gasteiger charge is 2.31. The fourth-order valence-corrected chi connectivity index (χ4v) is 6.62. The first-order chi connectivity index (χ1) is 19.4. The minimum atomic E-state index is -3.54. The molecule has 3 aromatic rings. The van der Waals surface area contributed by atoms with Gasteiger partial charge in [-0.1, -0.05) is 28.6 Å².